The summed E-state index contributed by atoms with van der Waals surface area (Å²) in [4.78, 5) is -0.394. The van der Waals surface area contributed by atoms with Gasteiger partial charge in [0, 0.05) is 30.2 Å². The second-order valence-electron chi connectivity index (χ2n) is 5.96. The molecule has 1 aromatic rings. The molecule has 2 aliphatic rings. The van der Waals surface area contributed by atoms with Gasteiger partial charge in [-0.05, 0) is 12.1 Å². The molecular weight excluding hydrogens is 340 g/mol. The third-order valence-electron chi connectivity index (χ3n) is 4.11. The Bertz CT molecular complexity index is 741. The summed E-state index contributed by atoms with van der Waals surface area (Å²) in [6.45, 7) is 0. The molecule has 3 atom stereocenters. The molecule has 0 aliphatic heterocycles. The molecule has 23 heavy (non-hydrogen) atoms. The average Bonchev–Trinajstić information content (AvgIpc) is 2.61. The van der Waals surface area contributed by atoms with Gasteiger partial charge in [0.15, 0.2) is 22.2 Å². The smallest absolute Gasteiger partial charge is 0.255 e. The molecule has 128 valence electrons. The number of rotatable bonds is 3. The first kappa shape index (κ1) is 16.5. The summed E-state index contributed by atoms with van der Waals surface area (Å²) < 4.78 is 82.4. The van der Waals surface area contributed by atoms with Gasteiger partial charge < -0.3 is 9.84 Å². The van der Waals surface area contributed by atoms with Crippen LogP contribution in [0.3, 0.4) is 0 Å². The van der Waals surface area contributed by atoms with Crippen molar-refractivity contribution in [2.45, 2.75) is 48.2 Å². The molecule has 2 unspecified atom stereocenters. The number of ether oxygens (including phenoxy) is 1. The number of sulfone groups is 1. The van der Waals surface area contributed by atoms with Gasteiger partial charge in [0.1, 0.15) is 18.0 Å². The quantitative estimate of drug-likeness (QED) is 0.848. The molecule has 1 N–H and O–H groups in total. The molecule has 1 saturated carbocycles. The lowest BCUT2D eigenvalue weighted by Gasteiger charge is -2.35. The molecule has 0 bridgehead atoms. The Morgan fingerprint density at radius 2 is 1.83 bits per heavy atom. The van der Waals surface area contributed by atoms with E-state index in [4.69, 9.17) is 4.74 Å². The summed E-state index contributed by atoms with van der Waals surface area (Å²) >= 11 is 0. The zero-order chi connectivity index (χ0) is 17.2. The number of aliphatic hydroxyl groups is 1. The van der Waals surface area contributed by atoms with Gasteiger partial charge in [0.2, 0.25) is 0 Å². The molecule has 0 radical (unpaired) electrons. The molecule has 0 spiro atoms. The minimum absolute atomic E-state index is 0.209. The number of benzene rings is 1. The summed E-state index contributed by atoms with van der Waals surface area (Å²) in [5.41, 5.74) is -0.806. The fourth-order valence-corrected chi connectivity index (χ4v) is 3.91. The Hall–Kier alpha value is -1.35. The zero-order valence-corrected chi connectivity index (χ0v) is 12.8. The molecule has 1 fully saturated rings. The normalized spacial score (nSPS) is 29.9. The highest BCUT2D eigenvalue weighted by Crippen LogP contribution is 2.51. The highest BCUT2D eigenvalue weighted by molar-refractivity contribution is 7.90. The molecule has 0 amide bonds. The van der Waals surface area contributed by atoms with Crippen molar-refractivity contribution >= 4 is 9.84 Å². The van der Waals surface area contributed by atoms with Gasteiger partial charge in [-0.1, -0.05) is 0 Å². The lowest BCUT2D eigenvalue weighted by molar-refractivity contribution is -0.134. The molecule has 0 saturated heterocycles. The van der Waals surface area contributed by atoms with Crippen LogP contribution in [0.5, 0.6) is 5.75 Å². The number of hydrogen-bond donors (Lipinski definition) is 1. The highest BCUT2D eigenvalue weighted by Gasteiger charge is 2.49. The van der Waals surface area contributed by atoms with Gasteiger partial charge in [-0.25, -0.2) is 26.0 Å². The molecule has 0 aromatic heterocycles. The molecular formula is C14H14F4O4S. The summed E-state index contributed by atoms with van der Waals surface area (Å²) in [5.74, 6) is -3.06. The van der Waals surface area contributed by atoms with E-state index in [1.807, 2.05) is 0 Å². The number of halogens is 4. The van der Waals surface area contributed by atoms with E-state index in [0.717, 1.165) is 18.4 Å². The fourth-order valence-electron chi connectivity index (χ4n) is 2.96. The Balaban J connectivity index is 2.04. The summed E-state index contributed by atoms with van der Waals surface area (Å²) in [5, 5.41) is 9.82. The van der Waals surface area contributed by atoms with Crippen molar-refractivity contribution in [3.8, 4) is 5.75 Å². The van der Waals surface area contributed by atoms with Crippen LogP contribution in [0.15, 0.2) is 17.0 Å². The van der Waals surface area contributed by atoms with E-state index in [1.165, 1.54) is 0 Å². The highest BCUT2D eigenvalue weighted by atomic mass is 32.2. The van der Waals surface area contributed by atoms with Gasteiger partial charge in [0.05, 0.1) is 4.90 Å². The summed E-state index contributed by atoms with van der Waals surface area (Å²) in [7, 11) is -3.83. The predicted octanol–water partition coefficient (Wildman–Crippen LogP) is 2.66. The molecule has 1 aromatic carbocycles. The number of alkyl halides is 4. The van der Waals surface area contributed by atoms with E-state index in [1.54, 1.807) is 0 Å². The largest absolute Gasteiger partial charge is 0.490 e. The maximum atomic E-state index is 14.2. The van der Waals surface area contributed by atoms with Crippen molar-refractivity contribution < 1.29 is 35.8 Å². The van der Waals surface area contributed by atoms with Gasteiger partial charge in [0.25, 0.3) is 5.92 Å². The van der Waals surface area contributed by atoms with E-state index >= 15 is 0 Å². The van der Waals surface area contributed by atoms with E-state index in [2.05, 4.69) is 0 Å². The van der Waals surface area contributed by atoms with Gasteiger partial charge in [-0.15, -0.1) is 0 Å². The van der Waals surface area contributed by atoms with Crippen LogP contribution in [0.25, 0.3) is 0 Å². The predicted molar refractivity (Wildman–Crippen MR) is 71.9 cm³/mol. The van der Waals surface area contributed by atoms with Crippen LogP contribution in [0, 0.1) is 0 Å². The van der Waals surface area contributed by atoms with Gasteiger partial charge in [-0.3, -0.25) is 0 Å². The second kappa shape index (κ2) is 5.07. The Morgan fingerprint density at radius 1 is 1.22 bits per heavy atom. The standard InChI is InChI=1S/C14H14F4O4S/c1-23(20,21)8-3-2-7(22-6-4-14(17,18)5-6)9-10(8)13(19)12(16)11(9)15/h2-3,6,11-13,19H,4-5H2,1H3/t11?,12-,13?/m1/s1. The van der Waals surface area contributed by atoms with Crippen molar-refractivity contribution in [3.05, 3.63) is 23.3 Å². The third kappa shape index (κ3) is 2.69. The monoisotopic (exact) mass is 354 g/mol. The Morgan fingerprint density at radius 3 is 2.35 bits per heavy atom. The van der Waals surface area contributed by atoms with Crippen LogP contribution in [0.2, 0.25) is 0 Å². The van der Waals surface area contributed by atoms with Gasteiger partial charge >= 0.3 is 0 Å². The second-order valence-corrected chi connectivity index (χ2v) is 7.94. The van der Waals surface area contributed by atoms with Gasteiger partial charge in [-0.2, -0.15) is 0 Å². The van der Waals surface area contributed by atoms with Crippen LogP contribution < -0.4 is 4.74 Å². The number of fused-ring (bicyclic) bond motifs is 1. The van der Waals surface area contributed by atoms with E-state index in [-0.39, 0.29) is 5.75 Å². The zero-order valence-electron chi connectivity index (χ0n) is 12.0. The lowest BCUT2D eigenvalue weighted by atomic mass is 9.91. The van der Waals surface area contributed by atoms with E-state index in [9.17, 15) is 31.1 Å². The van der Waals surface area contributed by atoms with Crippen LogP contribution in [-0.2, 0) is 9.84 Å². The van der Waals surface area contributed by atoms with E-state index in [0.29, 0.717) is 0 Å². The van der Waals surface area contributed by atoms with Crippen LogP contribution in [0.1, 0.15) is 36.2 Å². The first-order chi connectivity index (χ1) is 10.5. The van der Waals surface area contributed by atoms with Crippen molar-refractivity contribution in [2.75, 3.05) is 6.26 Å². The summed E-state index contributed by atoms with van der Waals surface area (Å²) in [6.07, 6.45) is -7.67. The third-order valence-corrected chi connectivity index (χ3v) is 5.26. The minimum atomic E-state index is -3.83. The van der Waals surface area contributed by atoms with E-state index < -0.39 is 69.2 Å². The maximum absolute atomic E-state index is 14.2. The molecule has 2 aliphatic carbocycles. The van der Waals surface area contributed by atoms with Crippen molar-refractivity contribution in [1.82, 2.24) is 0 Å². The Labute approximate surface area is 130 Å². The van der Waals surface area contributed by atoms with Crippen LogP contribution >= 0.6 is 0 Å². The van der Waals surface area contributed by atoms with Crippen LogP contribution in [-0.4, -0.2) is 38.0 Å². The first-order valence-electron chi connectivity index (χ1n) is 6.89. The SMILES string of the molecule is CS(=O)(=O)c1ccc(OC2CC(F)(F)C2)c2c1C(O)[C@H](F)C2F. The topological polar surface area (TPSA) is 63.6 Å². The number of hydrogen-bond acceptors (Lipinski definition) is 4. The molecule has 9 heteroatoms. The number of aliphatic hydroxyl groups excluding tert-OH is 1. The Kier molecular flexibility index (Phi) is 3.64. The summed E-state index contributed by atoms with van der Waals surface area (Å²) in [6, 6.07) is 2.18. The first-order valence-corrected chi connectivity index (χ1v) is 8.78. The molecule has 3 rings (SSSR count). The van der Waals surface area contributed by atoms with Crippen molar-refractivity contribution in [2.24, 2.45) is 0 Å². The van der Waals surface area contributed by atoms with Crippen molar-refractivity contribution in [3.63, 3.8) is 0 Å². The molecule has 0 heterocycles. The van der Waals surface area contributed by atoms with Crippen molar-refractivity contribution in [1.29, 1.82) is 0 Å². The average molecular weight is 354 g/mol. The lowest BCUT2D eigenvalue weighted by Crippen LogP contribution is -2.43. The maximum Gasteiger partial charge on any atom is 0.255 e. The van der Waals surface area contributed by atoms with Crippen LogP contribution in [0.4, 0.5) is 17.6 Å². The fraction of sp³-hybridized carbons (Fsp3) is 0.571. The minimum Gasteiger partial charge on any atom is -0.490 e. The molecule has 4 nitrogen and oxygen atoms in total.